The molecule has 4 heteroatoms. The highest BCUT2D eigenvalue weighted by molar-refractivity contribution is 5.68. The van der Waals surface area contributed by atoms with Crippen molar-refractivity contribution in [3.05, 3.63) is 0 Å². The van der Waals surface area contributed by atoms with Gasteiger partial charge in [0.25, 0.3) is 0 Å². The summed E-state index contributed by atoms with van der Waals surface area (Å²) in [6, 6.07) is 0. The van der Waals surface area contributed by atoms with Gasteiger partial charge in [-0.15, -0.1) is 0 Å². The number of hydrogen-bond donors (Lipinski definition) is 0. The second-order valence-corrected chi connectivity index (χ2v) is 6.00. The molecule has 1 aliphatic heterocycles. The number of likely N-dealkylation sites (tertiary alicyclic amines) is 1. The smallest absolute Gasteiger partial charge is 0.410 e. The highest BCUT2D eigenvalue weighted by atomic mass is 19.1. The lowest BCUT2D eigenvalue weighted by Crippen LogP contribution is -2.42. The third-order valence-corrected chi connectivity index (χ3v) is 3.50. The summed E-state index contributed by atoms with van der Waals surface area (Å²) in [5.74, 6) is 0. The minimum absolute atomic E-state index is 0.0848. The Labute approximate surface area is 95.9 Å². The van der Waals surface area contributed by atoms with E-state index >= 15 is 0 Å². The molecule has 0 bridgehead atoms. The normalized spacial score (nSPS) is 28.0. The van der Waals surface area contributed by atoms with E-state index in [0.717, 1.165) is 12.8 Å². The highest BCUT2D eigenvalue weighted by Crippen LogP contribution is 2.55. The van der Waals surface area contributed by atoms with Crippen LogP contribution in [0.2, 0.25) is 0 Å². The average Bonchev–Trinajstić information content (AvgIpc) is 2.74. The minimum atomic E-state index is -0.631. The number of piperidine rings is 1. The molecular formula is C12H20FNO2. The molecule has 92 valence electrons. The Balaban J connectivity index is 1.83. The second-order valence-electron chi connectivity index (χ2n) is 6.00. The Hall–Kier alpha value is -0.800. The van der Waals surface area contributed by atoms with Crippen LogP contribution in [0.25, 0.3) is 0 Å². The molecule has 16 heavy (non-hydrogen) atoms. The third-order valence-electron chi connectivity index (χ3n) is 3.50. The summed E-state index contributed by atoms with van der Waals surface area (Å²) in [7, 11) is 0. The van der Waals surface area contributed by atoms with Crippen LogP contribution < -0.4 is 0 Å². The van der Waals surface area contributed by atoms with Crippen molar-refractivity contribution in [3.8, 4) is 0 Å². The van der Waals surface area contributed by atoms with Gasteiger partial charge in [0.2, 0.25) is 0 Å². The fraction of sp³-hybridized carbons (Fsp3) is 0.917. The van der Waals surface area contributed by atoms with E-state index in [9.17, 15) is 9.18 Å². The zero-order chi connectivity index (χ0) is 12.0. The van der Waals surface area contributed by atoms with Crippen molar-refractivity contribution in [2.45, 2.75) is 51.8 Å². The molecule has 1 saturated carbocycles. The average molecular weight is 229 g/mol. The molecule has 0 aromatic rings. The number of rotatable bonds is 0. The van der Waals surface area contributed by atoms with Crippen molar-refractivity contribution in [1.29, 1.82) is 0 Å². The first kappa shape index (κ1) is 11.7. The van der Waals surface area contributed by atoms with Crippen LogP contribution in [0.5, 0.6) is 0 Å². The van der Waals surface area contributed by atoms with E-state index in [1.54, 1.807) is 4.90 Å². The van der Waals surface area contributed by atoms with Gasteiger partial charge in [-0.2, -0.15) is 0 Å². The van der Waals surface area contributed by atoms with Crippen LogP contribution in [0.15, 0.2) is 0 Å². The fourth-order valence-corrected chi connectivity index (χ4v) is 2.28. The van der Waals surface area contributed by atoms with Crippen LogP contribution in [-0.4, -0.2) is 35.9 Å². The first-order valence-electron chi connectivity index (χ1n) is 5.94. The highest BCUT2D eigenvalue weighted by Gasteiger charge is 2.56. The molecule has 1 aliphatic carbocycles. The number of amides is 1. The van der Waals surface area contributed by atoms with E-state index in [0.29, 0.717) is 19.5 Å². The van der Waals surface area contributed by atoms with Crippen LogP contribution >= 0.6 is 0 Å². The predicted molar refractivity (Wildman–Crippen MR) is 59.0 cm³/mol. The summed E-state index contributed by atoms with van der Waals surface area (Å²) in [6.07, 6.45) is 1.36. The first-order chi connectivity index (χ1) is 7.32. The number of alkyl halides is 1. The van der Waals surface area contributed by atoms with Gasteiger partial charge in [0, 0.05) is 18.5 Å². The number of hydrogen-bond acceptors (Lipinski definition) is 2. The molecule has 0 aromatic carbocycles. The van der Waals surface area contributed by atoms with Crippen molar-refractivity contribution in [1.82, 2.24) is 4.90 Å². The SMILES string of the molecule is CC(C)(C)OC(=O)N1CCC2(CC1)CC2F. The molecule has 2 rings (SSSR count). The van der Waals surface area contributed by atoms with Gasteiger partial charge in [-0.3, -0.25) is 0 Å². The molecule has 0 radical (unpaired) electrons. The maximum absolute atomic E-state index is 13.1. The van der Waals surface area contributed by atoms with Gasteiger partial charge in [0.1, 0.15) is 11.8 Å². The van der Waals surface area contributed by atoms with Crippen LogP contribution in [-0.2, 0) is 4.74 Å². The minimum Gasteiger partial charge on any atom is -0.444 e. The lowest BCUT2D eigenvalue weighted by molar-refractivity contribution is 0.0161. The van der Waals surface area contributed by atoms with Gasteiger partial charge < -0.3 is 9.64 Å². The lowest BCUT2D eigenvalue weighted by Gasteiger charge is -2.33. The summed E-state index contributed by atoms with van der Waals surface area (Å²) >= 11 is 0. The van der Waals surface area contributed by atoms with E-state index in [4.69, 9.17) is 4.74 Å². The molecular weight excluding hydrogens is 209 g/mol. The molecule has 0 N–H and O–H groups in total. The van der Waals surface area contributed by atoms with Gasteiger partial charge in [-0.1, -0.05) is 0 Å². The lowest BCUT2D eigenvalue weighted by atomic mass is 9.93. The Bertz CT molecular complexity index is 290. The van der Waals surface area contributed by atoms with Crippen LogP contribution in [0, 0.1) is 5.41 Å². The predicted octanol–water partition coefficient (Wildman–Crippen LogP) is 2.75. The standard InChI is InChI=1S/C12H20FNO2/c1-11(2,3)16-10(15)14-6-4-12(5-7-14)8-9(12)13/h9H,4-8H2,1-3H3. The number of carbonyl (C=O) groups is 1. The van der Waals surface area contributed by atoms with E-state index in [2.05, 4.69) is 0 Å². The van der Waals surface area contributed by atoms with Crippen molar-refractivity contribution < 1.29 is 13.9 Å². The molecule has 2 aliphatic rings. The van der Waals surface area contributed by atoms with Crippen molar-refractivity contribution in [3.63, 3.8) is 0 Å². The molecule has 0 aromatic heterocycles. The molecule has 3 nitrogen and oxygen atoms in total. The van der Waals surface area contributed by atoms with Gasteiger partial charge in [-0.05, 0) is 40.0 Å². The summed E-state index contributed by atoms with van der Waals surface area (Å²) in [4.78, 5) is 13.4. The van der Waals surface area contributed by atoms with E-state index in [-0.39, 0.29) is 11.5 Å². The number of nitrogens with zero attached hydrogens (tertiary/aromatic N) is 1. The Morgan fingerprint density at radius 2 is 1.88 bits per heavy atom. The fourth-order valence-electron chi connectivity index (χ4n) is 2.28. The molecule has 1 atom stereocenters. The maximum atomic E-state index is 13.1. The Morgan fingerprint density at radius 3 is 2.25 bits per heavy atom. The monoisotopic (exact) mass is 229 g/mol. The van der Waals surface area contributed by atoms with E-state index < -0.39 is 11.8 Å². The van der Waals surface area contributed by atoms with Gasteiger partial charge in [0.15, 0.2) is 0 Å². The number of halogens is 1. The van der Waals surface area contributed by atoms with Crippen LogP contribution in [0.1, 0.15) is 40.0 Å². The van der Waals surface area contributed by atoms with E-state index in [1.165, 1.54) is 0 Å². The maximum Gasteiger partial charge on any atom is 0.410 e. The number of carbonyl (C=O) groups excluding carboxylic acids is 1. The first-order valence-corrected chi connectivity index (χ1v) is 5.94. The summed E-state index contributed by atoms with van der Waals surface area (Å²) < 4.78 is 18.4. The molecule has 1 saturated heterocycles. The van der Waals surface area contributed by atoms with Crippen LogP contribution in [0.3, 0.4) is 0 Å². The zero-order valence-electron chi connectivity index (χ0n) is 10.3. The molecule has 1 unspecified atom stereocenters. The van der Waals surface area contributed by atoms with Gasteiger partial charge >= 0.3 is 6.09 Å². The zero-order valence-corrected chi connectivity index (χ0v) is 10.3. The second kappa shape index (κ2) is 3.60. The molecule has 1 heterocycles. The Morgan fingerprint density at radius 1 is 1.38 bits per heavy atom. The Kier molecular flexibility index (Phi) is 2.63. The molecule has 1 amide bonds. The van der Waals surface area contributed by atoms with Crippen LogP contribution in [0.4, 0.5) is 9.18 Å². The number of ether oxygens (including phenoxy) is 1. The van der Waals surface area contributed by atoms with Crippen molar-refractivity contribution in [2.24, 2.45) is 5.41 Å². The summed E-state index contributed by atoms with van der Waals surface area (Å²) in [5, 5.41) is 0. The van der Waals surface area contributed by atoms with Gasteiger partial charge in [-0.25, -0.2) is 9.18 Å². The van der Waals surface area contributed by atoms with E-state index in [1.807, 2.05) is 20.8 Å². The largest absolute Gasteiger partial charge is 0.444 e. The quantitative estimate of drug-likeness (QED) is 0.639. The third kappa shape index (κ3) is 2.30. The van der Waals surface area contributed by atoms with Gasteiger partial charge in [0.05, 0.1) is 0 Å². The van der Waals surface area contributed by atoms with Crippen molar-refractivity contribution in [2.75, 3.05) is 13.1 Å². The molecule has 1 spiro atoms. The molecule has 2 fully saturated rings. The topological polar surface area (TPSA) is 29.5 Å². The summed E-state index contributed by atoms with van der Waals surface area (Å²) in [5.41, 5.74) is -0.535. The van der Waals surface area contributed by atoms with Crippen molar-refractivity contribution >= 4 is 6.09 Å². The summed E-state index contributed by atoms with van der Waals surface area (Å²) in [6.45, 7) is 6.84.